The third-order valence-corrected chi connectivity index (χ3v) is 1.40. The summed E-state index contributed by atoms with van der Waals surface area (Å²) in [6, 6.07) is 5.80. The van der Waals surface area contributed by atoms with Crippen molar-refractivity contribution in [1.29, 1.82) is 0 Å². The number of hydrogen-bond donors (Lipinski definition) is 0. The van der Waals surface area contributed by atoms with Crippen molar-refractivity contribution in [2.24, 2.45) is 0 Å². The number of fused-ring (bicyclic) bond motifs is 1. The van der Waals surface area contributed by atoms with E-state index in [9.17, 15) is 0 Å². The predicted octanol–water partition coefficient (Wildman–Crippen LogP) is 2.47. The lowest BCUT2D eigenvalue weighted by Crippen LogP contribution is -1.76. The Morgan fingerprint density at radius 3 is 2.58 bits per heavy atom. The van der Waals surface area contributed by atoms with E-state index in [0.29, 0.717) is 0 Å². The van der Waals surface area contributed by atoms with E-state index < -0.39 is 0 Å². The van der Waals surface area contributed by atoms with Gasteiger partial charge in [0.1, 0.15) is 0 Å². The SMILES string of the molecule is Cl.Cl.c1cnc2ccncc2c1. The molecule has 0 aliphatic carbocycles. The van der Waals surface area contributed by atoms with Crippen LogP contribution in [0.25, 0.3) is 10.9 Å². The molecule has 12 heavy (non-hydrogen) atoms. The summed E-state index contributed by atoms with van der Waals surface area (Å²) >= 11 is 0. The molecule has 0 unspecified atom stereocenters. The molecule has 2 heterocycles. The fourth-order valence-electron chi connectivity index (χ4n) is 0.915. The summed E-state index contributed by atoms with van der Waals surface area (Å²) in [6.07, 6.45) is 5.33. The summed E-state index contributed by atoms with van der Waals surface area (Å²) in [5, 5.41) is 1.09. The predicted molar refractivity (Wildman–Crippen MR) is 54.0 cm³/mol. The van der Waals surface area contributed by atoms with Crippen LogP contribution in [0.5, 0.6) is 0 Å². The van der Waals surface area contributed by atoms with Crippen LogP contribution in [0, 0.1) is 0 Å². The molecule has 2 aromatic rings. The third-order valence-electron chi connectivity index (χ3n) is 1.40. The molecule has 4 heteroatoms. The molecule has 0 saturated carbocycles. The van der Waals surface area contributed by atoms with Gasteiger partial charge in [-0.1, -0.05) is 0 Å². The van der Waals surface area contributed by atoms with Gasteiger partial charge in [0.25, 0.3) is 0 Å². The van der Waals surface area contributed by atoms with E-state index in [0.717, 1.165) is 10.9 Å². The zero-order valence-corrected chi connectivity index (χ0v) is 7.81. The average molecular weight is 203 g/mol. The fraction of sp³-hybridized carbons (Fsp3) is 0. The number of hydrogen-bond acceptors (Lipinski definition) is 2. The van der Waals surface area contributed by atoms with Crippen molar-refractivity contribution in [1.82, 2.24) is 9.97 Å². The summed E-state index contributed by atoms with van der Waals surface area (Å²) < 4.78 is 0. The highest BCUT2D eigenvalue weighted by Crippen LogP contribution is 2.05. The smallest absolute Gasteiger partial charge is 0.0732 e. The first-order valence-corrected chi connectivity index (χ1v) is 3.11. The molecule has 0 spiro atoms. The summed E-state index contributed by atoms with van der Waals surface area (Å²) in [7, 11) is 0. The van der Waals surface area contributed by atoms with Crippen molar-refractivity contribution in [3.63, 3.8) is 0 Å². The van der Waals surface area contributed by atoms with Crippen LogP contribution in [0.1, 0.15) is 0 Å². The van der Waals surface area contributed by atoms with Gasteiger partial charge in [-0.15, -0.1) is 24.8 Å². The number of pyridine rings is 2. The van der Waals surface area contributed by atoms with Crippen molar-refractivity contribution in [2.75, 3.05) is 0 Å². The second-order valence-electron chi connectivity index (χ2n) is 2.07. The van der Waals surface area contributed by atoms with Crippen LogP contribution in [0.3, 0.4) is 0 Å². The molecule has 0 aliphatic heterocycles. The fourth-order valence-corrected chi connectivity index (χ4v) is 0.915. The second-order valence-corrected chi connectivity index (χ2v) is 2.07. The molecular formula is C8H8Cl2N2. The number of rotatable bonds is 0. The maximum atomic E-state index is 4.14. The van der Waals surface area contributed by atoms with E-state index in [1.54, 1.807) is 12.4 Å². The maximum Gasteiger partial charge on any atom is 0.0732 e. The summed E-state index contributed by atoms with van der Waals surface area (Å²) in [6.45, 7) is 0. The lowest BCUT2D eigenvalue weighted by molar-refractivity contribution is 1.32. The van der Waals surface area contributed by atoms with Crippen LogP contribution in [0.2, 0.25) is 0 Å². The molecule has 0 aliphatic rings. The van der Waals surface area contributed by atoms with Crippen LogP contribution in [-0.4, -0.2) is 9.97 Å². The molecule has 2 rings (SSSR count). The molecule has 2 aromatic heterocycles. The summed E-state index contributed by atoms with van der Waals surface area (Å²) in [5.74, 6) is 0. The third kappa shape index (κ3) is 2.06. The molecule has 2 nitrogen and oxygen atoms in total. The normalized spacial score (nSPS) is 8.33. The molecule has 0 aromatic carbocycles. The van der Waals surface area contributed by atoms with Crippen LogP contribution < -0.4 is 0 Å². The van der Waals surface area contributed by atoms with Crippen LogP contribution in [-0.2, 0) is 0 Å². The standard InChI is InChI=1S/C8H6N2.2ClH/c1-2-7-6-9-5-3-8(7)10-4-1;;/h1-6H;2*1H. The highest BCUT2D eigenvalue weighted by atomic mass is 35.5. The zero-order valence-electron chi connectivity index (χ0n) is 6.18. The van der Waals surface area contributed by atoms with Gasteiger partial charge in [-0.3, -0.25) is 9.97 Å². The molecule has 0 N–H and O–H groups in total. The Morgan fingerprint density at radius 1 is 1.00 bits per heavy atom. The van der Waals surface area contributed by atoms with Crippen LogP contribution >= 0.6 is 24.8 Å². The monoisotopic (exact) mass is 202 g/mol. The van der Waals surface area contributed by atoms with Gasteiger partial charge < -0.3 is 0 Å². The largest absolute Gasteiger partial charge is 0.264 e. The molecule has 0 bridgehead atoms. The van der Waals surface area contributed by atoms with Crippen molar-refractivity contribution in [3.05, 3.63) is 36.8 Å². The Morgan fingerprint density at radius 2 is 1.83 bits per heavy atom. The first kappa shape index (κ1) is 11.1. The molecule has 0 saturated heterocycles. The number of aromatic nitrogens is 2. The lowest BCUT2D eigenvalue weighted by atomic mass is 10.3. The molecule has 64 valence electrons. The Labute approximate surface area is 82.9 Å². The van der Waals surface area contributed by atoms with Crippen LogP contribution in [0.15, 0.2) is 36.8 Å². The minimum Gasteiger partial charge on any atom is -0.264 e. The van der Waals surface area contributed by atoms with Gasteiger partial charge in [-0.05, 0) is 18.2 Å². The van der Waals surface area contributed by atoms with Gasteiger partial charge in [-0.2, -0.15) is 0 Å². The molecule has 0 radical (unpaired) electrons. The van der Waals surface area contributed by atoms with E-state index in [1.807, 2.05) is 24.4 Å². The van der Waals surface area contributed by atoms with Gasteiger partial charge in [0.05, 0.1) is 5.52 Å². The van der Waals surface area contributed by atoms with Crippen molar-refractivity contribution in [3.8, 4) is 0 Å². The van der Waals surface area contributed by atoms with E-state index in [2.05, 4.69) is 9.97 Å². The van der Waals surface area contributed by atoms with Gasteiger partial charge in [0, 0.05) is 24.0 Å². The van der Waals surface area contributed by atoms with E-state index >= 15 is 0 Å². The van der Waals surface area contributed by atoms with E-state index in [-0.39, 0.29) is 24.8 Å². The van der Waals surface area contributed by atoms with Gasteiger partial charge in [0.2, 0.25) is 0 Å². The minimum atomic E-state index is 0. The maximum absolute atomic E-state index is 4.14. The highest BCUT2D eigenvalue weighted by Gasteiger charge is 1.87. The van der Waals surface area contributed by atoms with E-state index in [1.165, 1.54) is 0 Å². The Kier molecular flexibility index (Phi) is 4.55. The highest BCUT2D eigenvalue weighted by molar-refractivity contribution is 5.85. The topological polar surface area (TPSA) is 25.8 Å². The average Bonchev–Trinajstić information content (AvgIpc) is 2.05. The van der Waals surface area contributed by atoms with E-state index in [4.69, 9.17) is 0 Å². The molecule has 0 atom stereocenters. The first-order chi connectivity index (χ1) is 4.97. The molecule has 0 amide bonds. The second kappa shape index (κ2) is 4.91. The quantitative estimate of drug-likeness (QED) is 0.657. The van der Waals surface area contributed by atoms with Gasteiger partial charge in [-0.25, -0.2) is 0 Å². The molecular weight excluding hydrogens is 195 g/mol. The Bertz CT molecular complexity index is 286. The van der Waals surface area contributed by atoms with Crippen molar-refractivity contribution < 1.29 is 0 Å². The van der Waals surface area contributed by atoms with Crippen molar-refractivity contribution in [2.45, 2.75) is 0 Å². The summed E-state index contributed by atoms with van der Waals surface area (Å²) in [4.78, 5) is 8.11. The number of nitrogens with zero attached hydrogens (tertiary/aromatic N) is 2. The van der Waals surface area contributed by atoms with Crippen molar-refractivity contribution >= 4 is 35.7 Å². The molecule has 0 fully saturated rings. The first-order valence-electron chi connectivity index (χ1n) is 3.11. The number of halogens is 2. The lowest BCUT2D eigenvalue weighted by Gasteiger charge is -1.90. The Hall–Kier alpha value is -0.860. The van der Waals surface area contributed by atoms with Gasteiger partial charge in [0.15, 0.2) is 0 Å². The zero-order chi connectivity index (χ0) is 6.81. The summed E-state index contributed by atoms with van der Waals surface area (Å²) in [5.41, 5.74) is 0.998. The Balaban J connectivity index is 0.000000605. The van der Waals surface area contributed by atoms with Gasteiger partial charge >= 0.3 is 0 Å². The van der Waals surface area contributed by atoms with Crippen LogP contribution in [0.4, 0.5) is 0 Å². The minimum absolute atomic E-state index is 0.